The first-order chi connectivity index (χ1) is 8.61. The molecule has 0 saturated carbocycles. The van der Waals surface area contributed by atoms with Gasteiger partial charge in [0.15, 0.2) is 5.82 Å². The predicted molar refractivity (Wildman–Crippen MR) is 63.0 cm³/mol. The topological polar surface area (TPSA) is 74.7 Å². The van der Waals surface area contributed by atoms with E-state index in [1.54, 1.807) is 0 Å². The molecule has 0 unspecified atom stereocenters. The first-order valence-corrected chi connectivity index (χ1v) is 4.98. The van der Waals surface area contributed by atoms with Crippen LogP contribution in [0.4, 0.5) is 26.0 Å². The maximum Gasteiger partial charge on any atom is 0.155 e. The Morgan fingerprint density at radius 2 is 2.06 bits per heavy atom. The highest BCUT2D eigenvalue weighted by atomic mass is 19.1. The van der Waals surface area contributed by atoms with Crippen LogP contribution in [-0.4, -0.2) is 4.98 Å². The number of halogens is 2. The Labute approximate surface area is 102 Å². The molecule has 0 atom stereocenters. The predicted octanol–water partition coefficient (Wildman–Crippen LogP) is 2.56. The van der Waals surface area contributed by atoms with E-state index in [-0.39, 0.29) is 22.8 Å². The number of aromatic nitrogens is 1. The molecule has 3 N–H and O–H groups in total. The number of anilines is 3. The van der Waals surface area contributed by atoms with Crippen LogP contribution >= 0.6 is 0 Å². The van der Waals surface area contributed by atoms with E-state index >= 15 is 0 Å². The number of nitriles is 1. The fourth-order valence-corrected chi connectivity index (χ4v) is 1.39. The molecule has 1 heterocycles. The van der Waals surface area contributed by atoms with Crippen LogP contribution < -0.4 is 11.1 Å². The third-order valence-electron chi connectivity index (χ3n) is 2.29. The van der Waals surface area contributed by atoms with Gasteiger partial charge in [-0.3, -0.25) is 0 Å². The van der Waals surface area contributed by atoms with Crippen LogP contribution in [0.15, 0.2) is 30.5 Å². The van der Waals surface area contributed by atoms with E-state index in [0.29, 0.717) is 0 Å². The van der Waals surface area contributed by atoms with Crippen molar-refractivity contribution < 1.29 is 8.78 Å². The highest BCUT2D eigenvalue weighted by Crippen LogP contribution is 2.25. The highest BCUT2D eigenvalue weighted by Gasteiger charge is 2.09. The Balaban J connectivity index is 2.41. The van der Waals surface area contributed by atoms with Gasteiger partial charge in [-0.25, -0.2) is 13.8 Å². The number of benzene rings is 1. The van der Waals surface area contributed by atoms with Crippen molar-refractivity contribution in [2.75, 3.05) is 11.1 Å². The van der Waals surface area contributed by atoms with Gasteiger partial charge in [0, 0.05) is 12.3 Å². The molecule has 2 aromatic rings. The van der Waals surface area contributed by atoms with Crippen molar-refractivity contribution in [3.05, 3.63) is 47.7 Å². The fourth-order valence-electron chi connectivity index (χ4n) is 1.39. The number of hydrogen-bond donors (Lipinski definition) is 2. The van der Waals surface area contributed by atoms with Gasteiger partial charge in [-0.2, -0.15) is 5.26 Å². The Bertz CT molecular complexity index is 634. The van der Waals surface area contributed by atoms with Gasteiger partial charge in [0.25, 0.3) is 0 Å². The normalized spacial score (nSPS) is 9.83. The lowest BCUT2D eigenvalue weighted by atomic mass is 10.2. The maximum absolute atomic E-state index is 13.4. The van der Waals surface area contributed by atoms with E-state index in [4.69, 9.17) is 11.0 Å². The number of pyridine rings is 1. The van der Waals surface area contributed by atoms with Crippen LogP contribution in [-0.2, 0) is 0 Å². The van der Waals surface area contributed by atoms with Crippen LogP contribution in [0.25, 0.3) is 0 Å². The van der Waals surface area contributed by atoms with E-state index in [1.165, 1.54) is 12.3 Å². The molecule has 0 radical (unpaired) electrons. The summed E-state index contributed by atoms with van der Waals surface area (Å²) in [7, 11) is 0. The van der Waals surface area contributed by atoms with Crippen molar-refractivity contribution in [2.45, 2.75) is 0 Å². The minimum atomic E-state index is -0.639. The number of rotatable bonds is 2. The van der Waals surface area contributed by atoms with Crippen molar-refractivity contribution in [3.8, 4) is 6.07 Å². The van der Waals surface area contributed by atoms with Gasteiger partial charge in [-0.15, -0.1) is 0 Å². The lowest BCUT2D eigenvalue weighted by Crippen LogP contribution is -2.02. The molecule has 1 aromatic heterocycles. The molecule has 0 aliphatic heterocycles. The Kier molecular flexibility index (Phi) is 3.06. The third kappa shape index (κ3) is 2.20. The Morgan fingerprint density at radius 1 is 1.28 bits per heavy atom. The Morgan fingerprint density at radius 3 is 2.78 bits per heavy atom. The molecule has 90 valence electrons. The standard InChI is InChI=1S/C12H8F2N4/c13-8-1-2-9(14)10(5-8)18-12-11(16)7(6-15)3-4-17-12/h1-5H,16H2,(H,17,18). The first-order valence-electron chi connectivity index (χ1n) is 4.98. The molecule has 0 fully saturated rings. The van der Waals surface area contributed by atoms with Gasteiger partial charge in [0.2, 0.25) is 0 Å². The quantitative estimate of drug-likeness (QED) is 0.853. The largest absolute Gasteiger partial charge is 0.395 e. The summed E-state index contributed by atoms with van der Waals surface area (Å²) >= 11 is 0. The van der Waals surface area contributed by atoms with Crippen molar-refractivity contribution in [1.29, 1.82) is 5.26 Å². The van der Waals surface area contributed by atoms with Crippen molar-refractivity contribution >= 4 is 17.2 Å². The van der Waals surface area contributed by atoms with Gasteiger partial charge in [0.05, 0.1) is 16.9 Å². The number of nitrogens with zero attached hydrogens (tertiary/aromatic N) is 2. The van der Waals surface area contributed by atoms with Crippen molar-refractivity contribution in [1.82, 2.24) is 4.98 Å². The lowest BCUT2D eigenvalue weighted by molar-refractivity contribution is 0.603. The minimum absolute atomic E-state index is 0.0867. The van der Waals surface area contributed by atoms with Gasteiger partial charge < -0.3 is 11.1 Å². The molecule has 18 heavy (non-hydrogen) atoms. The minimum Gasteiger partial charge on any atom is -0.395 e. The molecule has 0 amide bonds. The van der Waals surface area contributed by atoms with E-state index < -0.39 is 11.6 Å². The first kappa shape index (κ1) is 11.8. The van der Waals surface area contributed by atoms with E-state index in [2.05, 4.69) is 10.3 Å². The zero-order valence-corrected chi connectivity index (χ0v) is 9.11. The molecule has 0 bridgehead atoms. The molecule has 2 rings (SSSR count). The summed E-state index contributed by atoms with van der Waals surface area (Å²) < 4.78 is 26.4. The average molecular weight is 246 g/mol. The molecule has 0 saturated heterocycles. The summed E-state index contributed by atoms with van der Waals surface area (Å²) in [4.78, 5) is 3.88. The molecular formula is C12H8F2N4. The highest BCUT2D eigenvalue weighted by molar-refractivity contribution is 5.73. The molecule has 0 aliphatic carbocycles. The summed E-state index contributed by atoms with van der Waals surface area (Å²) in [5.41, 5.74) is 5.87. The van der Waals surface area contributed by atoms with Gasteiger partial charge in [-0.05, 0) is 18.2 Å². The maximum atomic E-state index is 13.4. The van der Waals surface area contributed by atoms with Crippen LogP contribution in [0.3, 0.4) is 0 Å². The van der Waals surface area contributed by atoms with Crippen molar-refractivity contribution in [2.24, 2.45) is 0 Å². The summed E-state index contributed by atoms with van der Waals surface area (Å²) in [5, 5.41) is 11.3. The monoisotopic (exact) mass is 246 g/mol. The second-order valence-corrected chi connectivity index (χ2v) is 3.48. The van der Waals surface area contributed by atoms with Crippen LogP contribution in [0.2, 0.25) is 0 Å². The van der Waals surface area contributed by atoms with Gasteiger partial charge in [-0.1, -0.05) is 0 Å². The fraction of sp³-hybridized carbons (Fsp3) is 0. The van der Waals surface area contributed by atoms with E-state index in [1.807, 2.05) is 6.07 Å². The van der Waals surface area contributed by atoms with Crippen LogP contribution in [0.1, 0.15) is 5.56 Å². The summed E-state index contributed by atoms with van der Waals surface area (Å²) in [6.07, 6.45) is 1.36. The molecular weight excluding hydrogens is 238 g/mol. The van der Waals surface area contributed by atoms with Crippen LogP contribution in [0, 0.1) is 23.0 Å². The molecule has 0 spiro atoms. The zero-order valence-electron chi connectivity index (χ0n) is 9.11. The SMILES string of the molecule is N#Cc1ccnc(Nc2cc(F)ccc2F)c1N. The number of hydrogen-bond acceptors (Lipinski definition) is 4. The molecule has 6 heteroatoms. The van der Waals surface area contributed by atoms with Crippen molar-refractivity contribution in [3.63, 3.8) is 0 Å². The second-order valence-electron chi connectivity index (χ2n) is 3.48. The summed E-state index contributed by atoms with van der Waals surface area (Å²) in [5.74, 6) is -1.12. The zero-order chi connectivity index (χ0) is 13.1. The number of nitrogen functional groups attached to an aromatic ring is 1. The third-order valence-corrected chi connectivity index (χ3v) is 2.29. The second kappa shape index (κ2) is 4.67. The summed E-state index contributed by atoms with van der Waals surface area (Å²) in [6, 6.07) is 6.28. The average Bonchev–Trinajstić information content (AvgIpc) is 2.36. The number of nitrogens with one attached hydrogen (secondary N) is 1. The van der Waals surface area contributed by atoms with E-state index in [9.17, 15) is 8.78 Å². The molecule has 0 aliphatic rings. The lowest BCUT2D eigenvalue weighted by Gasteiger charge is -2.09. The molecule has 1 aromatic carbocycles. The smallest absolute Gasteiger partial charge is 0.155 e. The van der Waals surface area contributed by atoms with E-state index in [0.717, 1.165) is 18.2 Å². The van der Waals surface area contributed by atoms with Crippen LogP contribution in [0.5, 0.6) is 0 Å². The Hall–Kier alpha value is -2.68. The van der Waals surface area contributed by atoms with Gasteiger partial charge in [0.1, 0.15) is 17.7 Å². The van der Waals surface area contributed by atoms with Gasteiger partial charge >= 0.3 is 0 Å². The molecule has 4 nitrogen and oxygen atoms in total. The number of nitrogens with two attached hydrogens (primary N) is 1. The summed E-state index contributed by atoms with van der Waals surface area (Å²) in [6.45, 7) is 0.